The summed E-state index contributed by atoms with van der Waals surface area (Å²) in [7, 11) is 0. The molecule has 0 aromatic carbocycles. The van der Waals surface area contributed by atoms with Crippen molar-refractivity contribution in [2.75, 3.05) is 19.0 Å². The van der Waals surface area contributed by atoms with E-state index in [4.69, 9.17) is 11.6 Å². The van der Waals surface area contributed by atoms with E-state index in [1.54, 1.807) is 0 Å². The van der Waals surface area contributed by atoms with Crippen LogP contribution in [0.25, 0.3) is 0 Å². The Hall–Kier alpha value is 0.210. The molecule has 54 valence electrons. The Bertz CT molecular complexity index is 89.1. The maximum Gasteiger partial charge on any atom is 0.107 e. The number of aliphatic hydroxyl groups excluding tert-OH is 1. The van der Waals surface area contributed by atoms with Gasteiger partial charge in [-0.1, -0.05) is 0 Å². The van der Waals surface area contributed by atoms with Crippen LogP contribution in [-0.2, 0) is 0 Å². The van der Waals surface area contributed by atoms with E-state index < -0.39 is 0 Å². The second-order valence-electron chi connectivity index (χ2n) is 2.35. The van der Waals surface area contributed by atoms with Crippen LogP contribution in [-0.4, -0.2) is 35.2 Å². The molecule has 1 fully saturated rings. The molecule has 0 saturated carbocycles. The Labute approximate surface area is 60.4 Å². The third-order valence-corrected chi connectivity index (χ3v) is 1.87. The largest absolute Gasteiger partial charge is 0.378 e. The number of aliphatic hydroxyl groups is 1. The molecule has 0 aromatic heterocycles. The molecule has 0 radical (unpaired) electrons. The Balaban J connectivity index is 2.22. The predicted octanol–water partition coefficient (Wildman–Crippen LogP) is 0.639. The number of rotatable bonds is 2. The third kappa shape index (κ3) is 1.81. The fourth-order valence-corrected chi connectivity index (χ4v) is 1.40. The summed E-state index contributed by atoms with van der Waals surface area (Å²) in [5.74, 6) is 0.622. The molecule has 0 aromatic rings. The summed E-state index contributed by atoms with van der Waals surface area (Å²) >= 11 is 5.49. The van der Waals surface area contributed by atoms with E-state index >= 15 is 0 Å². The number of likely N-dealkylation sites (tertiary alicyclic amines) is 1. The van der Waals surface area contributed by atoms with Crippen LogP contribution in [0.4, 0.5) is 0 Å². The van der Waals surface area contributed by atoms with Gasteiger partial charge in [0.05, 0.1) is 0 Å². The van der Waals surface area contributed by atoms with Gasteiger partial charge >= 0.3 is 0 Å². The van der Waals surface area contributed by atoms with E-state index in [-0.39, 0.29) is 6.23 Å². The molecular weight excluding hydrogens is 138 g/mol. The van der Waals surface area contributed by atoms with E-state index in [9.17, 15) is 5.11 Å². The molecule has 2 nitrogen and oxygen atoms in total. The average molecular weight is 150 g/mol. The molecule has 1 N–H and O–H groups in total. The molecule has 1 rings (SSSR count). The van der Waals surface area contributed by atoms with Crippen molar-refractivity contribution in [2.45, 2.75) is 19.1 Å². The quantitative estimate of drug-likeness (QED) is 0.583. The number of nitrogens with zero attached hydrogens (tertiary/aromatic N) is 1. The maximum atomic E-state index is 9.19. The van der Waals surface area contributed by atoms with Crippen LogP contribution in [0.3, 0.4) is 0 Å². The maximum absolute atomic E-state index is 9.19. The van der Waals surface area contributed by atoms with Crippen molar-refractivity contribution in [3.8, 4) is 0 Å². The number of hydrogen-bond donors (Lipinski definition) is 1. The van der Waals surface area contributed by atoms with E-state index in [2.05, 4.69) is 0 Å². The highest BCUT2D eigenvalue weighted by molar-refractivity contribution is 6.18. The molecule has 1 heterocycles. The topological polar surface area (TPSA) is 23.5 Å². The van der Waals surface area contributed by atoms with Gasteiger partial charge in [-0.2, -0.15) is 0 Å². The van der Waals surface area contributed by atoms with E-state index in [0.717, 1.165) is 25.9 Å². The third-order valence-electron chi connectivity index (χ3n) is 1.70. The fraction of sp³-hybridized carbons (Fsp3) is 1.00. The van der Waals surface area contributed by atoms with E-state index in [1.165, 1.54) is 0 Å². The molecule has 9 heavy (non-hydrogen) atoms. The molecule has 1 aliphatic rings. The first kappa shape index (κ1) is 7.32. The lowest BCUT2D eigenvalue weighted by Crippen LogP contribution is -2.30. The summed E-state index contributed by atoms with van der Waals surface area (Å²) in [6, 6.07) is 0. The van der Waals surface area contributed by atoms with Crippen molar-refractivity contribution in [2.24, 2.45) is 0 Å². The van der Waals surface area contributed by atoms with Gasteiger partial charge in [-0.05, 0) is 12.8 Å². The lowest BCUT2D eigenvalue weighted by Gasteiger charge is -2.17. The van der Waals surface area contributed by atoms with Gasteiger partial charge in [0.25, 0.3) is 0 Å². The van der Waals surface area contributed by atoms with Gasteiger partial charge in [0.1, 0.15) is 6.23 Å². The summed E-state index contributed by atoms with van der Waals surface area (Å²) < 4.78 is 0. The molecule has 0 amide bonds. The minimum absolute atomic E-state index is 0.219. The molecule has 1 saturated heterocycles. The van der Waals surface area contributed by atoms with Crippen molar-refractivity contribution in [1.82, 2.24) is 4.90 Å². The van der Waals surface area contributed by atoms with Crippen LogP contribution < -0.4 is 0 Å². The Morgan fingerprint density at radius 2 is 2.44 bits per heavy atom. The zero-order valence-corrected chi connectivity index (χ0v) is 6.14. The van der Waals surface area contributed by atoms with Crippen molar-refractivity contribution in [1.29, 1.82) is 0 Å². The molecule has 1 aliphatic heterocycles. The van der Waals surface area contributed by atoms with Gasteiger partial charge in [0.15, 0.2) is 0 Å². The summed E-state index contributed by atoms with van der Waals surface area (Å²) in [5, 5.41) is 9.19. The molecule has 0 aliphatic carbocycles. The smallest absolute Gasteiger partial charge is 0.107 e. The van der Waals surface area contributed by atoms with Crippen LogP contribution >= 0.6 is 11.6 Å². The number of halogens is 1. The average Bonchev–Trinajstić information content (AvgIpc) is 2.18. The van der Waals surface area contributed by atoms with Crippen molar-refractivity contribution < 1.29 is 5.11 Å². The minimum Gasteiger partial charge on any atom is -0.378 e. The molecular formula is C6H12ClNO. The van der Waals surface area contributed by atoms with E-state index in [1.807, 2.05) is 4.90 Å². The summed E-state index contributed by atoms with van der Waals surface area (Å²) in [6.07, 6.45) is 1.80. The van der Waals surface area contributed by atoms with Gasteiger partial charge in [0.2, 0.25) is 0 Å². The highest BCUT2D eigenvalue weighted by Crippen LogP contribution is 2.13. The van der Waals surface area contributed by atoms with Crippen LogP contribution in [0.1, 0.15) is 12.8 Å². The molecule has 1 unspecified atom stereocenters. The Morgan fingerprint density at radius 1 is 1.67 bits per heavy atom. The van der Waals surface area contributed by atoms with Crippen LogP contribution in [0.2, 0.25) is 0 Å². The normalized spacial score (nSPS) is 29.3. The van der Waals surface area contributed by atoms with Crippen LogP contribution in [0.15, 0.2) is 0 Å². The Kier molecular flexibility index (Phi) is 2.76. The van der Waals surface area contributed by atoms with Crippen molar-refractivity contribution >= 4 is 11.6 Å². The molecule has 1 atom stereocenters. The lowest BCUT2D eigenvalue weighted by atomic mass is 10.4. The minimum atomic E-state index is -0.219. The highest BCUT2D eigenvalue weighted by Gasteiger charge is 2.20. The van der Waals surface area contributed by atoms with Crippen LogP contribution in [0, 0.1) is 0 Å². The Morgan fingerprint density at radius 3 is 2.89 bits per heavy atom. The van der Waals surface area contributed by atoms with Gasteiger partial charge < -0.3 is 5.11 Å². The lowest BCUT2D eigenvalue weighted by molar-refractivity contribution is 0.0428. The molecule has 0 spiro atoms. The SMILES string of the molecule is OC1CCCN1CCCl. The standard InChI is InChI=1S/C6H12ClNO/c7-3-5-8-4-1-2-6(8)9/h6,9H,1-5H2. The second-order valence-corrected chi connectivity index (χ2v) is 2.73. The highest BCUT2D eigenvalue weighted by atomic mass is 35.5. The molecule has 3 heteroatoms. The van der Waals surface area contributed by atoms with Crippen molar-refractivity contribution in [3.05, 3.63) is 0 Å². The first-order valence-corrected chi connectivity index (χ1v) is 3.86. The van der Waals surface area contributed by atoms with Crippen molar-refractivity contribution in [3.63, 3.8) is 0 Å². The molecule has 0 bridgehead atoms. The van der Waals surface area contributed by atoms with Gasteiger partial charge in [-0.3, -0.25) is 4.90 Å². The zero-order chi connectivity index (χ0) is 6.69. The zero-order valence-electron chi connectivity index (χ0n) is 5.39. The first-order chi connectivity index (χ1) is 4.34. The van der Waals surface area contributed by atoms with Gasteiger partial charge in [-0.25, -0.2) is 0 Å². The summed E-state index contributed by atoms with van der Waals surface area (Å²) in [6.45, 7) is 1.83. The number of alkyl halides is 1. The fourth-order valence-electron chi connectivity index (χ4n) is 1.18. The summed E-state index contributed by atoms with van der Waals surface area (Å²) in [5.41, 5.74) is 0. The van der Waals surface area contributed by atoms with Crippen LogP contribution in [0.5, 0.6) is 0 Å². The predicted molar refractivity (Wildman–Crippen MR) is 37.5 cm³/mol. The summed E-state index contributed by atoms with van der Waals surface area (Å²) in [4.78, 5) is 2.01. The monoisotopic (exact) mass is 149 g/mol. The number of hydrogen-bond acceptors (Lipinski definition) is 2. The second kappa shape index (κ2) is 3.40. The van der Waals surface area contributed by atoms with Gasteiger partial charge in [-0.15, -0.1) is 11.6 Å². The van der Waals surface area contributed by atoms with Gasteiger partial charge in [0, 0.05) is 19.0 Å². The first-order valence-electron chi connectivity index (χ1n) is 3.32. The van der Waals surface area contributed by atoms with E-state index in [0.29, 0.717) is 5.88 Å².